The molecule has 1 N–H and O–H groups in total. The lowest BCUT2D eigenvalue weighted by molar-refractivity contribution is -0.140. The Morgan fingerprint density at radius 2 is 2.06 bits per heavy atom. The van der Waals surface area contributed by atoms with Crippen LogP contribution in [0.15, 0.2) is 42.7 Å². The number of hydrogen-bond donors (Lipinski definition) is 1. The zero-order valence-electron chi connectivity index (χ0n) is 18.7. The maximum Gasteiger partial charge on any atom is 0.227 e. The highest BCUT2D eigenvalue weighted by Crippen LogP contribution is 2.45. The third kappa shape index (κ3) is 5.26. The molecule has 1 aromatic carbocycles. The van der Waals surface area contributed by atoms with Crippen LogP contribution < -0.4 is 4.74 Å². The minimum atomic E-state index is -0.0751. The summed E-state index contributed by atoms with van der Waals surface area (Å²) in [5.74, 6) is 1.49. The molecule has 1 aromatic heterocycles. The van der Waals surface area contributed by atoms with Gasteiger partial charge in [-0.3, -0.25) is 9.69 Å². The Hall–Kier alpha value is -2.55. The van der Waals surface area contributed by atoms with Crippen LogP contribution in [0.2, 0.25) is 0 Å². The molecule has 2 saturated heterocycles. The molecule has 2 aromatic rings. The second kappa shape index (κ2) is 10.4. The largest absolute Gasteiger partial charge is 0.491 e. The normalized spacial score (nSPS) is 20.4. The number of aliphatic hydroxyl groups excluding tert-OH is 1. The number of likely N-dealkylation sites (tertiary alicyclic amines) is 1. The van der Waals surface area contributed by atoms with Gasteiger partial charge in [0.05, 0.1) is 19.1 Å². The number of aromatic nitrogens is 2. The molecule has 32 heavy (non-hydrogen) atoms. The van der Waals surface area contributed by atoms with Crippen LogP contribution >= 0.6 is 0 Å². The van der Waals surface area contributed by atoms with Gasteiger partial charge in [0, 0.05) is 57.7 Å². The molecule has 1 spiro atoms. The molecule has 0 bridgehead atoms. The zero-order chi connectivity index (χ0) is 22.4. The number of carbonyl (C=O) groups excluding carboxylic acids is 1. The molecule has 3 heterocycles. The lowest BCUT2D eigenvalue weighted by atomic mass is 9.71. The highest BCUT2D eigenvalue weighted by molar-refractivity contribution is 5.80. The van der Waals surface area contributed by atoms with E-state index in [1.165, 1.54) is 0 Å². The van der Waals surface area contributed by atoms with Crippen molar-refractivity contribution in [1.29, 1.82) is 0 Å². The highest BCUT2D eigenvalue weighted by atomic mass is 16.5. The standard InChI is InChI=1S/C24H32N4O4/c1-27(17-22-25-8-3-9-26-22)23(30)21-16-28(18-24(21)6-11-31-12-7-24)15-19-4-2-5-20(14-19)32-13-10-29/h2-5,8-9,14,21,29H,6-7,10-13,15-18H2,1H3/t21-/m0/s1. The molecule has 0 unspecified atom stereocenters. The first-order chi connectivity index (χ1) is 15.6. The number of benzene rings is 1. The predicted molar refractivity (Wildman–Crippen MR) is 119 cm³/mol. The Kier molecular flexibility index (Phi) is 7.34. The molecular formula is C24H32N4O4. The van der Waals surface area contributed by atoms with Gasteiger partial charge in [-0.2, -0.15) is 0 Å². The average molecular weight is 441 g/mol. The third-order valence-electron chi connectivity index (χ3n) is 6.54. The van der Waals surface area contributed by atoms with E-state index in [0.29, 0.717) is 25.6 Å². The van der Waals surface area contributed by atoms with Gasteiger partial charge in [-0.15, -0.1) is 0 Å². The predicted octanol–water partition coefficient (Wildman–Crippen LogP) is 1.73. The Morgan fingerprint density at radius 3 is 2.81 bits per heavy atom. The fourth-order valence-electron chi connectivity index (χ4n) is 4.94. The summed E-state index contributed by atoms with van der Waals surface area (Å²) in [5.41, 5.74) is 1.08. The summed E-state index contributed by atoms with van der Waals surface area (Å²) >= 11 is 0. The van der Waals surface area contributed by atoms with Crippen molar-refractivity contribution in [3.8, 4) is 5.75 Å². The molecule has 8 heteroatoms. The second-order valence-corrected chi connectivity index (χ2v) is 8.78. The van der Waals surface area contributed by atoms with Crippen molar-refractivity contribution in [2.45, 2.75) is 25.9 Å². The van der Waals surface area contributed by atoms with Crippen LogP contribution in [-0.2, 0) is 22.6 Å². The third-order valence-corrected chi connectivity index (χ3v) is 6.54. The lowest BCUT2D eigenvalue weighted by Crippen LogP contribution is -2.45. The highest BCUT2D eigenvalue weighted by Gasteiger charge is 2.51. The van der Waals surface area contributed by atoms with Gasteiger partial charge in [0.15, 0.2) is 0 Å². The minimum Gasteiger partial charge on any atom is -0.491 e. The fourth-order valence-corrected chi connectivity index (χ4v) is 4.94. The first-order valence-corrected chi connectivity index (χ1v) is 11.2. The molecule has 0 radical (unpaired) electrons. The van der Waals surface area contributed by atoms with Crippen molar-refractivity contribution in [3.05, 3.63) is 54.1 Å². The topological polar surface area (TPSA) is 88.0 Å². The first kappa shape index (κ1) is 22.6. The molecule has 1 atom stereocenters. The van der Waals surface area contributed by atoms with Crippen LogP contribution in [0, 0.1) is 11.3 Å². The Balaban J connectivity index is 1.47. The molecule has 0 saturated carbocycles. The summed E-state index contributed by atoms with van der Waals surface area (Å²) in [7, 11) is 1.84. The minimum absolute atomic E-state index is 0.00766. The first-order valence-electron chi connectivity index (χ1n) is 11.2. The number of carbonyl (C=O) groups is 1. The van der Waals surface area contributed by atoms with Crippen molar-refractivity contribution >= 4 is 5.91 Å². The van der Waals surface area contributed by atoms with E-state index in [1.54, 1.807) is 23.4 Å². The van der Waals surface area contributed by atoms with Crippen LogP contribution in [0.5, 0.6) is 5.75 Å². The summed E-state index contributed by atoms with van der Waals surface area (Å²) < 4.78 is 11.2. The summed E-state index contributed by atoms with van der Waals surface area (Å²) in [4.78, 5) is 26.2. The van der Waals surface area contributed by atoms with E-state index in [2.05, 4.69) is 20.9 Å². The van der Waals surface area contributed by atoms with E-state index in [9.17, 15) is 4.79 Å². The molecule has 2 aliphatic heterocycles. The molecule has 8 nitrogen and oxygen atoms in total. The molecule has 4 rings (SSSR count). The summed E-state index contributed by atoms with van der Waals surface area (Å²) in [6.45, 7) is 4.45. The fraction of sp³-hybridized carbons (Fsp3) is 0.542. The van der Waals surface area contributed by atoms with Crippen molar-refractivity contribution < 1.29 is 19.4 Å². The van der Waals surface area contributed by atoms with Crippen molar-refractivity contribution in [2.24, 2.45) is 11.3 Å². The smallest absolute Gasteiger partial charge is 0.227 e. The van der Waals surface area contributed by atoms with Gasteiger partial charge in [-0.25, -0.2) is 9.97 Å². The van der Waals surface area contributed by atoms with Crippen LogP contribution in [0.1, 0.15) is 24.2 Å². The molecule has 172 valence electrons. The molecule has 2 fully saturated rings. The van der Waals surface area contributed by atoms with E-state index in [4.69, 9.17) is 14.6 Å². The van der Waals surface area contributed by atoms with Crippen LogP contribution in [0.3, 0.4) is 0 Å². The van der Waals surface area contributed by atoms with Crippen LogP contribution in [0.25, 0.3) is 0 Å². The number of ether oxygens (including phenoxy) is 2. The molecule has 1 amide bonds. The summed E-state index contributed by atoms with van der Waals surface area (Å²) in [5, 5.41) is 9.00. The number of hydrogen-bond acceptors (Lipinski definition) is 7. The number of nitrogens with zero attached hydrogens (tertiary/aromatic N) is 4. The van der Waals surface area contributed by atoms with Gasteiger partial charge in [0.2, 0.25) is 5.91 Å². The van der Waals surface area contributed by atoms with Gasteiger partial charge < -0.3 is 19.5 Å². The lowest BCUT2D eigenvalue weighted by Gasteiger charge is -2.38. The van der Waals surface area contributed by atoms with E-state index >= 15 is 0 Å². The number of rotatable bonds is 8. The van der Waals surface area contributed by atoms with Crippen LogP contribution in [0.4, 0.5) is 0 Å². The van der Waals surface area contributed by atoms with Gasteiger partial charge in [0.25, 0.3) is 0 Å². The van der Waals surface area contributed by atoms with E-state index in [1.807, 2.05) is 25.2 Å². The van der Waals surface area contributed by atoms with E-state index in [-0.39, 0.29) is 30.5 Å². The Bertz CT molecular complexity index is 889. The Morgan fingerprint density at radius 1 is 1.28 bits per heavy atom. The van der Waals surface area contributed by atoms with Gasteiger partial charge in [-0.1, -0.05) is 12.1 Å². The zero-order valence-corrected chi connectivity index (χ0v) is 18.7. The number of aliphatic hydroxyl groups is 1. The monoisotopic (exact) mass is 440 g/mol. The van der Waals surface area contributed by atoms with Gasteiger partial charge in [0.1, 0.15) is 18.2 Å². The Labute approximate surface area is 189 Å². The molecule has 0 aliphatic carbocycles. The van der Waals surface area contributed by atoms with E-state index < -0.39 is 0 Å². The van der Waals surface area contributed by atoms with Crippen molar-refractivity contribution in [3.63, 3.8) is 0 Å². The van der Waals surface area contributed by atoms with Crippen molar-refractivity contribution in [1.82, 2.24) is 19.8 Å². The summed E-state index contributed by atoms with van der Waals surface area (Å²) in [6, 6.07) is 9.74. The van der Waals surface area contributed by atoms with Crippen molar-refractivity contribution in [2.75, 3.05) is 46.6 Å². The van der Waals surface area contributed by atoms with Gasteiger partial charge in [-0.05, 0) is 36.6 Å². The maximum atomic E-state index is 13.6. The molecule has 2 aliphatic rings. The maximum absolute atomic E-state index is 13.6. The van der Waals surface area contributed by atoms with E-state index in [0.717, 1.165) is 43.8 Å². The van der Waals surface area contributed by atoms with Gasteiger partial charge >= 0.3 is 0 Å². The second-order valence-electron chi connectivity index (χ2n) is 8.78. The van der Waals surface area contributed by atoms with Crippen LogP contribution in [-0.4, -0.2) is 77.3 Å². The quantitative estimate of drug-likeness (QED) is 0.669. The SMILES string of the molecule is CN(Cc1ncccn1)C(=O)[C@@H]1CN(Cc2cccc(OCCO)c2)CC12CCOCC2. The number of amides is 1. The molecular weight excluding hydrogens is 408 g/mol. The average Bonchev–Trinajstić information content (AvgIpc) is 3.15. The summed E-state index contributed by atoms with van der Waals surface area (Å²) in [6.07, 6.45) is 5.21.